The van der Waals surface area contributed by atoms with E-state index in [2.05, 4.69) is 9.97 Å². The third-order valence-corrected chi connectivity index (χ3v) is 4.54. The highest BCUT2D eigenvalue weighted by Crippen LogP contribution is 2.47. The molecule has 0 saturated carbocycles. The number of fused-ring (bicyclic) bond motifs is 1. The summed E-state index contributed by atoms with van der Waals surface area (Å²) in [6.45, 7) is 3.61. The summed E-state index contributed by atoms with van der Waals surface area (Å²) in [6.07, 6.45) is 0. The molecule has 1 aliphatic rings. The van der Waals surface area contributed by atoms with Gasteiger partial charge in [0.2, 0.25) is 9.67 Å². The maximum absolute atomic E-state index is 12.6. The highest BCUT2D eigenvalue weighted by atomic mass is 35.6. The highest BCUT2D eigenvalue weighted by Gasteiger charge is 2.39. The van der Waals surface area contributed by atoms with E-state index in [1.165, 1.54) is 0 Å². The predicted molar refractivity (Wildman–Crippen MR) is 104 cm³/mol. The van der Waals surface area contributed by atoms with Crippen LogP contribution in [0, 0.1) is 0 Å². The van der Waals surface area contributed by atoms with Crippen LogP contribution < -0.4 is 10.5 Å². The summed E-state index contributed by atoms with van der Waals surface area (Å²) in [6, 6.07) is 9.32. The molecule has 27 heavy (non-hydrogen) atoms. The number of nitrogens with zero attached hydrogens (tertiary/aromatic N) is 2. The lowest BCUT2D eigenvalue weighted by molar-refractivity contribution is -0.139. The number of alkyl halides is 3. The van der Waals surface area contributed by atoms with Crippen LogP contribution in [0.25, 0.3) is 0 Å². The van der Waals surface area contributed by atoms with Crippen molar-refractivity contribution < 1.29 is 14.3 Å². The van der Waals surface area contributed by atoms with Gasteiger partial charge < -0.3 is 15.2 Å². The Morgan fingerprint density at radius 1 is 1.26 bits per heavy atom. The molecule has 0 radical (unpaired) electrons. The first kappa shape index (κ1) is 19.7. The van der Waals surface area contributed by atoms with Crippen LogP contribution in [0.15, 0.2) is 41.7 Å². The van der Waals surface area contributed by atoms with Crippen molar-refractivity contribution in [3.8, 4) is 5.88 Å². The molecule has 3 rings (SSSR count). The number of nitrogens with two attached hydrogens (primary N) is 1. The Bertz CT molecular complexity index is 911. The maximum atomic E-state index is 12.6. The van der Waals surface area contributed by atoms with Crippen LogP contribution in [0.3, 0.4) is 0 Å². The average molecular weight is 429 g/mol. The summed E-state index contributed by atoms with van der Waals surface area (Å²) < 4.78 is 9.10. The Kier molecular flexibility index (Phi) is 5.51. The zero-order valence-electron chi connectivity index (χ0n) is 14.5. The smallest absolute Gasteiger partial charge is 0.338 e. The number of benzene rings is 1. The zero-order chi connectivity index (χ0) is 19.8. The fraction of sp³-hybridized carbons (Fsp3) is 0.278. The summed E-state index contributed by atoms with van der Waals surface area (Å²) in [7, 11) is 0. The molecule has 142 valence electrons. The Morgan fingerprint density at radius 2 is 1.93 bits per heavy atom. The molecule has 2 aromatic rings. The van der Waals surface area contributed by atoms with Gasteiger partial charge in [0.1, 0.15) is 11.6 Å². The number of ether oxygens (including phenoxy) is 2. The largest absolute Gasteiger partial charge is 0.463 e. The third kappa shape index (κ3) is 3.83. The normalized spacial score (nSPS) is 16.6. The number of anilines is 1. The van der Waals surface area contributed by atoms with Gasteiger partial charge in [-0.15, -0.1) is 0 Å². The highest BCUT2D eigenvalue weighted by molar-refractivity contribution is 6.66. The Labute approximate surface area is 171 Å². The van der Waals surface area contributed by atoms with Gasteiger partial charge >= 0.3 is 5.97 Å². The fourth-order valence-corrected chi connectivity index (χ4v) is 3.19. The standard InChI is InChI=1S/C18H16Cl3N3O3/c1-3-26-16(25)11-9(2)27-15-13(12(11)10-7-5-4-6-8-10)14(22)23-17(24-15)18(19,20)21/h4-8,12H,3H2,1-2H3,(H2,22,23,24). The molecular formula is C18H16Cl3N3O3. The Hall–Kier alpha value is -2.02. The molecule has 0 spiro atoms. The lowest BCUT2D eigenvalue weighted by Crippen LogP contribution is -2.26. The van der Waals surface area contributed by atoms with Crippen LogP contribution in [0.2, 0.25) is 0 Å². The Balaban J connectivity index is 2.25. The number of rotatable bonds is 3. The molecule has 1 unspecified atom stereocenters. The summed E-state index contributed by atoms with van der Waals surface area (Å²) in [5.41, 5.74) is 7.72. The van der Waals surface area contributed by atoms with Crippen molar-refractivity contribution in [2.24, 2.45) is 0 Å². The van der Waals surface area contributed by atoms with Gasteiger partial charge in [-0.05, 0) is 19.4 Å². The van der Waals surface area contributed by atoms with Crippen LogP contribution in [0.1, 0.15) is 36.7 Å². The van der Waals surface area contributed by atoms with E-state index in [0.717, 1.165) is 5.56 Å². The molecule has 1 aromatic carbocycles. The SMILES string of the molecule is CCOC(=O)C1=C(C)Oc2nc(C(Cl)(Cl)Cl)nc(N)c2C1c1ccccc1. The fourth-order valence-electron chi connectivity index (χ4n) is 2.94. The van der Waals surface area contributed by atoms with Crippen molar-refractivity contribution in [2.45, 2.75) is 23.6 Å². The molecule has 0 amide bonds. The zero-order valence-corrected chi connectivity index (χ0v) is 16.8. The topological polar surface area (TPSA) is 87.3 Å². The second kappa shape index (κ2) is 7.54. The van der Waals surface area contributed by atoms with Crippen LogP contribution >= 0.6 is 34.8 Å². The van der Waals surface area contributed by atoms with Crippen molar-refractivity contribution in [1.29, 1.82) is 0 Å². The van der Waals surface area contributed by atoms with Crippen LogP contribution in [-0.2, 0) is 13.3 Å². The minimum atomic E-state index is -1.87. The molecule has 0 aliphatic carbocycles. The maximum Gasteiger partial charge on any atom is 0.338 e. The summed E-state index contributed by atoms with van der Waals surface area (Å²) in [4.78, 5) is 21.0. The number of hydrogen-bond donors (Lipinski definition) is 1. The predicted octanol–water partition coefficient (Wildman–Crippen LogP) is 4.25. The first-order chi connectivity index (χ1) is 12.7. The molecule has 2 heterocycles. The lowest BCUT2D eigenvalue weighted by Gasteiger charge is -2.29. The minimum Gasteiger partial charge on any atom is -0.463 e. The van der Waals surface area contributed by atoms with Crippen molar-refractivity contribution in [2.75, 3.05) is 12.3 Å². The number of carbonyl (C=O) groups is 1. The summed E-state index contributed by atoms with van der Waals surface area (Å²) in [5, 5.41) is 0. The second-order valence-electron chi connectivity index (χ2n) is 5.79. The van der Waals surface area contributed by atoms with Crippen molar-refractivity contribution in [1.82, 2.24) is 9.97 Å². The first-order valence-electron chi connectivity index (χ1n) is 8.09. The van der Waals surface area contributed by atoms with Crippen LogP contribution in [0.4, 0.5) is 5.82 Å². The van der Waals surface area contributed by atoms with Crippen LogP contribution in [0.5, 0.6) is 5.88 Å². The molecule has 6 nitrogen and oxygen atoms in total. The van der Waals surface area contributed by atoms with Crippen LogP contribution in [-0.4, -0.2) is 22.5 Å². The molecule has 1 aromatic heterocycles. The van der Waals surface area contributed by atoms with E-state index in [9.17, 15) is 4.79 Å². The van der Waals surface area contributed by atoms with Gasteiger partial charge in [-0.2, -0.15) is 4.98 Å². The van der Waals surface area contributed by atoms with Gasteiger partial charge in [-0.25, -0.2) is 9.78 Å². The van der Waals surface area contributed by atoms with Crippen molar-refractivity contribution in [3.05, 3.63) is 58.6 Å². The molecule has 9 heteroatoms. The van der Waals surface area contributed by atoms with Gasteiger partial charge in [0.15, 0.2) is 5.82 Å². The monoisotopic (exact) mass is 427 g/mol. The molecule has 1 atom stereocenters. The summed E-state index contributed by atoms with van der Waals surface area (Å²) in [5.74, 6) is -0.642. The number of nitrogen functional groups attached to an aromatic ring is 1. The van der Waals surface area contributed by atoms with E-state index in [1.54, 1.807) is 13.8 Å². The quantitative estimate of drug-likeness (QED) is 0.581. The molecule has 0 fully saturated rings. The van der Waals surface area contributed by atoms with E-state index in [0.29, 0.717) is 16.9 Å². The van der Waals surface area contributed by atoms with Gasteiger partial charge in [0, 0.05) is 0 Å². The number of esters is 1. The number of allylic oxidation sites excluding steroid dienone is 1. The number of hydrogen-bond acceptors (Lipinski definition) is 6. The number of carbonyl (C=O) groups excluding carboxylic acids is 1. The van der Waals surface area contributed by atoms with E-state index < -0.39 is 15.7 Å². The molecular weight excluding hydrogens is 413 g/mol. The molecule has 0 bridgehead atoms. The summed E-state index contributed by atoms with van der Waals surface area (Å²) >= 11 is 17.7. The lowest BCUT2D eigenvalue weighted by atomic mass is 9.83. The number of halogens is 3. The van der Waals surface area contributed by atoms with Crippen molar-refractivity contribution in [3.63, 3.8) is 0 Å². The van der Waals surface area contributed by atoms with Crippen molar-refractivity contribution >= 4 is 46.6 Å². The van der Waals surface area contributed by atoms with E-state index in [-0.39, 0.29) is 24.1 Å². The van der Waals surface area contributed by atoms with E-state index >= 15 is 0 Å². The molecule has 0 saturated heterocycles. The Morgan fingerprint density at radius 3 is 2.52 bits per heavy atom. The molecule has 1 aliphatic heterocycles. The van der Waals surface area contributed by atoms with Gasteiger partial charge in [-0.1, -0.05) is 65.1 Å². The van der Waals surface area contributed by atoms with E-state index in [4.69, 9.17) is 50.0 Å². The van der Waals surface area contributed by atoms with Gasteiger partial charge in [-0.3, -0.25) is 0 Å². The minimum absolute atomic E-state index is 0.0597. The third-order valence-electron chi connectivity index (χ3n) is 4.03. The van der Waals surface area contributed by atoms with Gasteiger partial charge in [0.05, 0.1) is 23.7 Å². The second-order valence-corrected chi connectivity index (χ2v) is 8.07. The number of aromatic nitrogens is 2. The van der Waals surface area contributed by atoms with Gasteiger partial charge in [0.25, 0.3) is 0 Å². The molecule has 2 N–H and O–H groups in total. The first-order valence-corrected chi connectivity index (χ1v) is 9.22. The average Bonchev–Trinajstić information content (AvgIpc) is 2.60. The van der Waals surface area contributed by atoms with E-state index in [1.807, 2.05) is 30.3 Å².